The molecule has 0 atom stereocenters. The van der Waals surface area contributed by atoms with Crippen LogP contribution in [0.5, 0.6) is 0 Å². The minimum absolute atomic E-state index is 0.0268. The van der Waals surface area contributed by atoms with Crippen LogP contribution >= 0.6 is 11.6 Å². The number of benzene rings is 1. The van der Waals surface area contributed by atoms with Gasteiger partial charge in [-0.15, -0.1) is 0 Å². The number of aryl methyl sites for hydroxylation is 1. The Morgan fingerprint density at radius 1 is 1.39 bits per heavy atom. The van der Waals surface area contributed by atoms with Crippen LogP contribution in [0.25, 0.3) is 0 Å². The van der Waals surface area contributed by atoms with Crippen molar-refractivity contribution in [2.75, 3.05) is 7.05 Å². The van der Waals surface area contributed by atoms with E-state index in [-0.39, 0.29) is 12.1 Å². The highest BCUT2D eigenvalue weighted by Gasteiger charge is 2.31. The molecule has 0 spiro atoms. The molecule has 2 rings (SSSR count). The van der Waals surface area contributed by atoms with E-state index in [0.29, 0.717) is 17.3 Å². The van der Waals surface area contributed by atoms with E-state index in [2.05, 4.69) is 5.10 Å². The number of rotatable bonds is 4. The molecule has 0 unspecified atom stereocenters. The zero-order chi connectivity index (χ0) is 17.2. The molecule has 124 valence electrons. The van der Waals surface area contributed by atoms with Gasteiger partial charge in [0.2, 0.25) is 0 Å². The number of aromatic nitrogens is 2. The maximum atomic E-state index is 12.7. The summed E-state index contributed by atoms with van der Waals surface area (Å²) in [4.78, 5) is 13.7. The summed E-state index contributed by atoms with van der Waals surface area (Å²) >= 11 is 6.03. The number of nitrogens with zero attached hydrogens (tertiary/aromatic N) is 3. The van der Waals surface area contributed by atoms with E-state index < -0.39 is 17.6 Å². The molecule has 0 bridgehead atoms. The van der Waals surface area contributed by atoms with Crippen LogP contribution in [0.3, 0.4) is 0 Å². The minimum atomic E-state index is -4.49. The summed E-state index contributed by atoms with van der Waals surface area (Å²) in [5.41, 5.74) is -0.244. The Morgan fingerprint density at radius 2 is 2.09 bits per heavy atom. The van der Waals surface area contributed by atoms with Gasteiger partial charge in [0.1, 0.15) is 0 Å². The van der Waals surface area contributed by atoms with E-state index in [1.54, 1.807) is 4.68 Å². The van der Waals surface area contributed by atoms with Crippen molar-refractivity contribution >= 4 is 17.5 Å². The van der Waals surface area contributed by atoms with Gasteiger partial charge in [-0.25, -0.2) is 0 Å². The molecule has 23 heavy (non-hydrogen) atoms. The van der Waals surface area contributed by atoms with Gasteiger partial charge < -0.3 is 4.90 Å². The van der Waals surface area contributed by atoms with Gasteiger partial charge in [0.15, 0.2) is 0 Å². The summed E-state index contributed by atoms with van der Waals surface area (Å²) < 4.78 is 39.8. The van der Waals surface area contributed by atoms with Gasteiger partial charge in [-0.1, -0.05) is 17.7 Å². The lowest BCUT2D eigenvalue weighted by Gasteiger charge is -2.19. The third-order valence-corrected chi connectivity index (χ3v) is 3.68. The van der Waals surface area contributed by atoms with E-state index in [9.17, 15) is 18.0 Å². The third kappa shape index (κ3) is 3.85. The van der Waals surface area contributed by atoms with Crippen molar-refractivity contribution in [2.24, 2.45) is 0 Å². The Hall–Kier alpha value is -2.02. The summed E-state index contributed by atoms with van der Waals surface area (Å²) in [7, 11) is 1.51. The van der Waals surface area contributed by atoms with Crippen LogP contribution in [-0.4, -0.2) is 27.6 Å². The van der Waals surface area contributed by atoms with Crippen LogP contribution in [0.4, 0.5) is 13.2 Å². The van der Waals surface area contributed by atoms with Crippen LogP contribution in [0.1, 0.15) is 28.5 Å². The second-order valence-electron chi connectivity index (χ2n) is 4.99. The SMILES string of the molecule is CCn1ncc(Cl)c1CN(C)C(=O)c1cccc(C(F)(F)F)c1. The summed E-state index contributed by atoms with van der Waals surface area (Å²) in [5, 5.41) is 4.48. The van der Waals surface area contributed by atoms with Gasteiger partial charge >= 0.3 is 6.18 Å². The second kappa shape index (κ2) is 6.62. The van der Waals surface area contributed by atoms with E-state index >= 15 is 0 Å². The Balaban J connectivity index is 2.22. The molecule has 8 heteroatoms. The van der Waals surface area contributed by atoms with Crippen LogP contribution in [0, 0.1) is 0 Å². The molecule has 1 heterocycles. The predicted octanol–water partition coefficient (Wildman–Crippen LogP) is 3.85. The fraction of sp³-hybridized carbons (Fsp3) is 0.333. The van der Waals surface area contributed by atoms with E-state index in [1.165, 1.54) is 30.3 Å². The van der Waals surface area contributed by atoms with Gasteiger partial charge in [-0.2, -0.15) is 18.3 Å². The normalized spacial score (nSPS) is 11.6. The molecule has 1 amide bonds. The summed E-state index contributed by atoms with van der Waals surface area (Å²) in [6, 6.07) is 4.34. The zero-order valence-corrected chi connectivity index (χ0v) is 13.3. The number of hydrogen-bond acceptors (Lipinski definition) is 2. The fourth-order valence-electron chi connectivity index (χ4n) is 2.16. The highest BCUT2D eigenvalue weighted by Crippen LogP contribution is 2.29. The molecule has 0 aliphatic carbocycles. The quantitative estimate of drug-likeness (QED) is 0.844. The van der Waals surface area contributed by atoms with Crippen molar-refractivity contribution in [1.29, 1.82) is 0 Å². The number of halogens is 4. The van der Waals surface area contributed by atoms with Crippen LogP contribution in [-0.2, 0) is 19.3 Å². The molecule has 2 aromatic rings. The van der Waals surface area contributed by atoms with E-state index in [1.807, 2.05) is 6.92 Å². The Morgan fingerprint density at radius 3 is 2.70 bits per heavy atom. The standard InChI is InChI=1S/C15H15ClF3N3O/c1-3-22-13(12(16)8-20-22)9-21(2)14(23)10-5-4-6-11(7-10)15(17,18)19/h4-8H,3,9H2,1-2H3. The molecule has 0 saturated carbocycles. The fourth-order valence-corrected chi connectivity index (χ4v) is 2.36. The highest BCUT2D eigenvalue weighted by atomic mass is 35.5. The first-order chi connectivity index (χ1) is 10.7. The summed E-state index contributed by atoms with van der Waals surface area (Å²) in [5.74, 6) is -0.518. The first-order valence-electron chi connectivity index (χ1n) is 6.87. The lowest BCUT2D eigenvalue weighted by atomic mass is 10.1. The monoisotopic (exact) mass is 345 g/mol. The van der Waals surface area contributed by atoms with Gasteiger partial charge in [-0.3, -0.25) is 9.48 Å². The third-order valence-electron chi connectivity index (χ3n) is 3.37. The average molecular weight is 346 g/mol. The largest absolute Gasteiger partial charge is 0.416 e. The zero-order valence-electron chi connectivity index (χ0n) is 12.6. The van der Waals surface area contributed by atoms with Gasteiger partial charge in [0, 0.05) is 19.2 Å². The summed E-state index contributed by atoms with van der Waals surface area (Å²) in [6.45, 7) is 2.61. The molecule has 0 aliphatic rings. The smallest absolute Gasteiger partial charge is 0.336 e. The molecule has 0 fully saturated rings. The van der Waals surface area contributed by atoms with Crippen molar-refractivity contribution < 1.29 is 18.0 Å². The summed E-state index contributed by atoms with van der Waals surface area (Å²) in [6.07, 6.45) is -3.01. The van der Waals surface area contributed by atoms with Crippen molar-refractivity contribution in [2.45, 2.75) is 26.2 Å². The van der Waals surface area contributed by atoms with Crippen LogP contribution in [0.2, 0.25) is 5.02 Å². The van der Waals surface area contributed by atoms with Gasteiger partial charge in [-0.05, 0) is 25.1 Å². The first kappa shape index (κ1) is 17.3. The topological polar surface area (TPSA) is 38.1 Å². The molecule has 4 nitrogen and oxygen atoms in total. The number of amides is 1. The second-order valence-corrected chi connectivity index (χ2v) is 5.40. The van der Waals surface area contributed by atoms with Crippen molar-refractivity contribution in [3.63, 3.8) is 0 Å². The number of hydrogen-bond donors (Lipinski definition) is 0. The maximum absolute atomic E-state index is 12.7. The predicted molar refractivity (Wildman–Crippen MR) is 80.2 cm³/mol. The molecule has 0 radical (unpaired) electrons. The lowest BCUT2D eigenvalue weighted by Crippen LogP contribution is -2.28. The van der Waals surface area contributed by atoms with Crippen molar-refractivity contribution in [3.05, 3.63) is 52.3 Å². The molecule has 0 aliphatic heterocycles. The van der Waals surface area contributed by atoms with Gasteiger partial charge in [0.05, 0.1) is 29.0 Å². The minimum Gasteiger partial charge on any atom is -0.336 e. The lowest BCUT2D eigenvalue weighted by molar-refractivity contribution is -0.137. The van der Waals surface area contributed by atoms with Crippen LogP contribution in [0.15, 0.2) is 30.5 Å². The van der Waals surface area contributed by atoms with E-state index in [4.69, 9.17) is 11.6 Å². The van der Waals surface area contributed by atoms with E-state index in [0.717, 1.165) is 12.1 Å². The Bertz CT molecular complexity index is 712. The first-order valence-corrected chi connectivity index (χ1v) is 7.24. The van der Waals surface area contributed by atoms with Gasteiger partial charge in [0.25, 0.3) is 5.91 Å². The molecule has 0 N–H and O–H groups in total. The molecule has 1 aromatic heterocycles. The Kier molecular flexibility index (Phi) is 4.99. The number of alkyl halides is 3. The number of carbonyl (C=O) groups is 1. The van der Waals surface area contributed by atoms with Crippen molar-refractivity contribution in [3.8, 4) is 0 Å². The molecular formula is C15H15ClF3N3O. The Labute approximate surface area is 136 Å². The van der Waals surface area contributed by atoms with Crippen molar-refractivity contribution in [1.82, 2.24) is 14.7 Å². The molecule has 0 saturated heterocycles. The number of carbonyl (C=O) groups excluding carboxylic acids is 1. The highest BCUT2D eigenvalue weighted by molar-refractivity contribution is 6.31. The maximum Gasteiger partial charge on any atom is 0.416 e. The average Bonchev–Trinajstić information content (AvgIpc) is 2.86. The molecule has 1 aromatic carbocycles. The molecular weight excluding hydrogens is 331 g/mol. The van der Waals surface area contributed by atoms with Crippen LogP contribution < -0.4 is 0 Å².